The molecular formula is C38H44N6O8. The zero-order valence-corrected chi connectivity index (χ0v) is 29.4. The van der Waals surface area contributed by atoms with E-state index in [0.717, 1.165) is 0 Å². The maximum atomic E-state index is 15.1. The lowest BCUT2D eigenvalue weighted by Gasteiger charge is -2.39. The van der Waals surface area contributed by atoms with E-state index in [4.69, 9.17) is 14.2 Å². The highest BCUT2D eigenvalue weighted by Gasteiger charge is 2.74. The number of likely N-dealkylation sites (tertiary alicyclic amines) is 1. The number of hydrogen-bond acceptors (Lipinski definition) is 10. The summed E-state index contributed by atoms with van der Waals surface area (Å²) in [6.45, 7) is 3.49. The van der Waals surface area contributed by atoms with Crippen LogP contribution in [0.3, 0.4) is 0 Å². The number of allylic oxidation sites excluding steroid dienone is 1. The van der Waals surface area contributed by atoms with Crippen LogP contribution in [0.15, 0.2) is 78.9 Å². The van der Waals surface area contributed by atoms with Gasteiger partial charge in [-0.2, -0.15) is 0 Å². The summed E-state index contributed by atoms with van der Waals surface area (Å²) < 4.78 is 20.0. The van der Waals surface area contributed by atoms with Gasteiger partial charge in [-0.05, 0) is 30.0 Å². The van der Waals surface area contributed by atoms with Gasteiger partial charge < -0.3 is 34.4 Å². The molecule has 52 heavy (non-hydrogen) atoms. The lowest BCUT2D eigenvalue weighted by atomic mass is 9.74. The summed E-state index contributed by atoms with van der Waals surface area (Å²) in [5.41, 5.74) is 0.493. The number of benzene rings is 2. The number of hydrogen-bond donors (Lipinski definition) is 2. The first-order valence-corrected chi connectivity index (χ1v) is 17.7. The summed E-state index contributed by atoms with van der Waals surface area (Å²) in [6, 6.07) is 13.7. The van der Waals surface area contributed by atoms with E-state index in [1.54, 1.807) is 33.9 Å². The van der Waals surface area contributed by atoms with E-state index in [9.17, 15) is 19.5 Å². The molecule has 2 aromatic carbocycles. The molecule has 8 atom stereocenters. The number of fused-ring (bicyclic) bond motifs is 3. The molecule has 0 radical (unpaired) electrons. The monoisotopic (exact) mass is 712 g/mol. The minimum atomic E-state index is -1.51. The van der Waals surface area contributed by atoms with Gasteiger partial charge in [0, 0.05) is 20.1 Å². The lowest BCUT2D eigenvalue weighted by Crippen LogP contribution is -2.59. The molecule has 4 aliphatic rings. The number of carbonyl (C=O) groups is 4. The first-order valence-electron chi connectivity index (χ1n) is 17.7. The van der Waals surface area contributed by atoms with Crippen molar-refractivity contribution in [1.82, 2.24) is 30.1 Å². The number of nitrogens with one attached hydrogen (secondary N) is 1. The lowest BCUT2D eigenvalue weighted by molar-refractivity contribution is -0.163. The molecule has 0 unspecified atom stereocenters. The molecule has 5 bridgehead atoms. The first kappa shape index (κ1) is 35.5. The van der Waals surface area contributed by atoms with E-state index < -0.39 is 72.2 Å². The average molecular weight is 713 g/mol. The molecule has 7 rings (SSSR count). The van der Waals surface area contributed by atoms with E-state index in [1.165, 1.54) is 12.0 Å². The molecule has 2 saturated heterocycles. The Bertz CT molecular complexity index is 1880. The third kappa shape index (κ3) is 6.18. The van der Waals surface area contributed by atoms with Crippen LogP contribution < -0.4 is 5.32 Å². The van der Waals surface area contributed by atoms with Crippen LogP contribution in [0.25, 0.3) is 11.0 Å². The number of cyclic esters (lactones) is 1. The summed E-state index contributed by atoms with van der Waals surface area (Å²) >= 11 is 0. The standard InChI is InChI=1S/C38H44N6O8/c1-23(2)28(20-45)44-34-36(48)42(22-43-27-15-10-9-14-25(27)40-41-43)19-11-5-8-16-30(46)39-26(21-50-3)33(24-12-6-4-7-13-24)51-37(49)31-29-17-18-38(34,52-29)32(31)35(44)47/h4-7,9-15,17-18,23,26,28-29,31-34,45H,8,16,19-22H2,1-3H3,(H,39,46)/b11-5-/t26-,28+,29+,31-,32-,33-,34+,38-/m1/s1. The predicted molar refractivity (Wildman–Crippen MR) is 187 cm³/mol. The Morgan fingerprint density at radius 2 is 1.81 bits per heavy atom. The van der Waals surface area contributed by atoms with Crippen molar-refractivity contribution in [3.63, 3.8) is 0 Å². The highest BCUT2D eigenvalue weighted by molar-refractivity contribution is 5.99. The van der Waals surface area contributed by atoms with Gasteiger partial charge in [-0.1, -0.05) is 85.8 Å². The molecule has 3 amide bonds. The molecule has 1 spiro atoms. The van der Waals surface area contributed by atoms with E-state index in [0.29, 0.717) is 23.0 Å². The SMILES string of the molecule is COC[C@H]1NC(=O)CC/C=C\CN(Cn2nnc3ccccc32)C(=O)[C@@H]2N([C@@H](CO)C(C)C)C(=O)[C@H]3[C@H](C(=O)O[C@@H]1c1ccccc1)[C@@H]1C=C[C@]23O1. The fourth-order valence-corrected chi connectivity index (χ4v) is 8.13. The summed E-state index contributed by atoms with van der Waals surface area (Å²) in [4.78, 5) is 60.6. The minimum Gasteiger partial charge on any atom is -0.455 e. The van der Waals surface area contributed by atoms with Gasteiger partial charge in [0.1, 0.15) is 35.9 Å². The molecule has 3 aromatic rings. The highest BCUT2D eigenvalue weighted by Crippen LogP contribution is 2.56. The fourth-order valence-electron chi connectivity index (χ4n) is 8.13. The summed E-state index contributed by atoms with van der Waals surface area (Å²) in [7, 11) is 1.50. The highest BCUT2D eigenvalue weighted by atomic mass is 16.6. The average Bonchev–Trinajstić information content (AvgIpc) is 3.89. The Hall–Kier alpha value is -4.92. The van der Waals surface area contributed by atoms with E-state index in [2.05, 4.69) is 15.6 Å². The van der Waals surface area contributed by atoms with E-state index in [-0.39, 0.29) is 38.1 Å². The molecule has 1 aromatic heterocycles. The second-order valence-corrected chi connectivity index (χ2v) is 14.1. The molecule has 2 N–H and O–H groups in total. The van der Waals surface area contributed by atoms with Crippen LogP contribution in [-0.2, 0) is 40.1 Å². The molecule has 0 saturated carbocycles. The smallest absolute Gasteiger partial charge is 0.313 e. The van der Waals surface area contributed by atoms with E-state index >= 15 is 4.79 Å². The number of methoxy groups -OCH3 is 1. The number of nitrogens with zero attached hydrogens (tertiary/aromatic N) is 5. The van der Waals surface area contributed by atoms with E-state index in [1.807, 2.05) is 68.5 Å². The van der Waals surface area contributed by atoms with Crippen LogP contribution in [0.2, 0.25) is 0 Å². The second kappa shape index (κ2) is 14.6. The number of carbonyl (C=O) groups excluding carboxylic acids is 4. The van der Waals surface area contributed by atoms with Gasteiger partial charge >= 0.3 is 5.97 Å². The zero-order chi connectivity index (χ0) is 36.6. The number of amides is 3. The maximum Gasteiger partial charge on any atom is 0.313 e. The van der Waals surface area contributed by atoms with Gasteiger partial charge in [-0.3, -0.25) is 19.2 Å². The molecule has 5 heterocycles. The van der Waals surface area contributed by atoms with Crippen LogP contribution in [0.5, 0.6) is 0 Å². The van der Waals surface area contributed by atoms with Crippen LogP contribution in [0.1, 0.15) is 38.4 Å². The van der Waals surface area contributed by atoms with Crippen molar-refractivity contribution in [2.24, 2.45) is 17.8 Å². The van der Waals surface area contributed by atoms with Gasteiger partial charge in [0.15, 0.2) is 0 Å². The normalized spacial score (nSPS) is 30.6. The molecule has 0 aliphatic carbocycles. The van der Waals surface area contributed by atoms with Crippen molar-refractivity contribution in [2.45, 2.75) is 69.3 Å². The molecule has 14 heteroatoms. The topological polar surface area (TPSA) is 165 Å². The number of esters is 1. The van der Waals surface area contributed by atoms with Crippen molar-refractivity contribution in [2.75, 3.05) is 26.9 Å². The Balaban J connectivity index is 1.33. The molecule has 2 fully saturated rings. The predicted octanol–water partition coefficient (Wildman–Crippen LogP) is 2.15. The second-order valence-electron chi connectivity index (χ2n) is 14.1. The van der Waals surface area contributed by atoms with Crippen LogP contribution in [0, 0.1) is 17.8 Å². The summed E-state index contributed by atoms with van der Waals surface area (Å²) in [6.07, 6.45) is 5.79. The van der Waals surface area contributed by atoms with Crippen molar-refractivity contribution >= 4 is 34.7 Å². The fraction of sp³-hybridized carbons (Fsp3) is 0.474. The Labute approximate surface area is 301 Å². The van der Waals surface area contributed by atoms with Crippen LogP contribution in [0.4, 0.5) is 0 Å². The van der Waals surface area contributed by atoms with Crippen LogP contribution >= 0.6 is 0 Å². The third-order valence-corrected chi connectivity index (χ3v) is 10.6. The minimum absolute atomic E-state index is 0.00894. The number of para-hydroxylation sites is 1. The summed E-state index contributed by atoms with van der Waals surface area (Å²) in [5.74, 6) is -4.33. The number of rotatable bonds is 8. The maximum absolute atomic E-state index is 15.1. The molecule has 14 nitrogen and oxygen atoms in total. The van der Waals surface area contributed by atoms with Gasteiger partial charge in [-0.15, -0.1) is 5.10 Å². The summed E-state index contributed by atoms with van der Waals surface area (Å²) in [5, 5.41) is 22.3. The van der Waals surface area contributed by atoms with Gasteiger partial charge in [0.25, 0.3) is 5.91 Å². The zero-order valence-electron chi connectivity index (χ0n) is 29.4. The number of ether oxygens (including phenoxy) is 3. The molecule has 4 aliphatic heterocycles. The number of aromatic nitrogens is 3. The molecule has 274 valence electrons. The largest absolute Gasteiger partial charge is 0.455 e. The van der Waals surface area contributed by atoms with Crippen molar-refractivity contribution in [1.29, 1.82) is 0 Å². The van der Waals surface area contributed by atoms with Crippen LogP contribution in [-0.4, -0.2) is 110 Å². The Morgan fingerprint density at radius 1 is 1.04 bits per heavy atom. The Morgan fingerprint density at radius 3 is 2.56 bits per heavy atom. The van der Waals surface area contributed by atoms with Gasteiger partial charge in [-0.25, -0.2) is 4.68 Å². The number of aliphatic hydroxyl groups excluding tert-OH is 1. The first-order chi connectivity index (χ1) is 25.2. The van der Waals surface area contributed by atoms with Gasteiger partial charge in [0.2, 0.25) is 11.8 Å². The molecular weight excluding hydrogens is 668 g/mol. The quantitative estimate of drug-likeness (QED) is 0.261. The van der Waals surface area contributed by atoms with Crippen molar-refractivity contribution in [3.05, 3.63) is 84.5 Å². The number of aliphatic hydroxyl groups is 1. The van der Waals surface area contributed by atoms with Crippen molar-refractivity contribution < 1.29 is 38.5 Å². The van der Waals surface area contributed by atoms with Crippen molar-refractivity contribution in [3.8, 4) is 0 Å². The van der Waals surface area contributed by atoms with Gasteiger partial charge in [0.05, 0.1) is 42.8 Å². The Kier molecular flexibility index (Phi) is 9.96. The third-order valence-electron chi connectivity index (χ3n) is 10.6.